The minimum atomic E-state index is 0. The quantitative estimate of drug-likeness (QED) is 0.439. The molecule has 1 aromatic rings. The van der Waals surface area contributed by atoms with Gasteiger partial charge in [-0.15, -0.1) is 4.43 Å². The van der Waals surface area contributed by atoms with Gasteiger partial charge >= 0.3 is 0 Å². The van der Waals surface area contributed by atoms with Gasteiger partial charge < -0.3 is 0 Å². The third-order valence-electron chi connectivity index (χ3n) is 1.22. The van der Waals surface area contributed by atoms with Gasteiger partial charge in [0.1, 0.15) is 0 Å². The van der Waals surface area contributed by atoms with Gasteiger partial charge in [0, 0.05) is 1.43 Å². The highest BCUT2D eigenvalue weighted by Crippen LogP contribution is 1.90. The Labute approximate surface area is 59.4 Å². The third-order valence-corrected chi connectivity index (χ3v) is 1.88. The molecule has 0 spiro atoms. The zero-order chi connectivity index (χ0) is 5.98. The fourth-order valence-corrected chi connectivity index (χ4v) is 0.970. The lowest BCUT2D eigenvalue weighted by Crippen LogP contribution is -1.98. The molecule has 1 heteroatoms. The van der Waals surface area contributed by atoms with Crippen LogP contribution in [0.1, 0.15) is 6.99 Å². The van der Waals surface area contributed by atoms with Gasteiger partial charge in [0.15, 0.2) is 0 Å². The van der Waals surface area contributed by atoms with Gasteiger partial charge in [-0.05, 0) is 6.92 Å². The van der Waals surface area contributed by atoms with E-state index in [2.05, 4.69) is 31.2 Å². The Morgan fingerprint density at radius 3 is 2.12 bits per heavy atom. The summed E-state index contributed by atoms with van der Waals surface area (Å²) in [5.41, 5.74) is 1.35. The van der Waals surface area contributed by atoms with E-state index in [1.807, 2.05) is 0 Å². The van der Waals surface area contributed by atoms with E-state index in [-0.39, 0.29) is 1.43 Å². The van der Waals surface area contributed by atoms with Crippen LogP contribution in [0.3, 0.4) is 0 Å². The second-order valence-electron chi connectivity index (χ2n) is 2.15. The van der Waals surface area contributed by atoms with Crippen LogP contribution in [0.4, 0.5) is 0 Å². The maximum absolute atomic E-state index is 2.18. The lowest BCUT2D eigenvalue weighted by molar-refractivity contribution is 1.49. The summed E-state index contributed by atoms with van der Waals surface area (Å²) < 4.78 is 1.47. The van der Waals surface area contributed by atoms with Crippen LogP contribution < -0.4 is 4.43 Å². The summed E-state index contributed by atoms with van der Waals surface area (Å²) in [5.74, 6) is 0. The summed E-state index contributed by atoms with van der Waals surface area (Å²) in [4.78, 5) is 0. The first-order chi connectivity index (χ1) is 3.79. The molecule has 0 fully saturated rings. The molecule has 0 saturated heterocycles. The Kier molecular flexibility index (Phi) is 1.73. The van der Waals surface area contributed by atoms with Crippen molar-refractivity contribution >= 4 is 20.7 Å². The molecule has 0 heterocycles. The van der Waals surface area contributed by atoms with Crippen LogP contribution in [-0.2, 0) is 0 Å². The molecule has 8 heavy (non-hydrogen) atoms. The van der Waals surface area contributed by atoms with E-state index in [0.717, 1.165) is 0 Å². The van der Waals surface area contributed by atoms with Gasteiger partial charge in [0.2, 0.25) is 0 Å². The molecule has 0 radical (unpaired) electrons. The first-order valence-electron chi connectivity index (χ1n) is 2.82. The summed E-state index contributed by atoms with van der Waals surface area (Å²) in [6, 6.07) is 8.67. The largest absolute Gasteiger partial charge is 0.258 e. The third kappa shape index (κ3) is 1.37. The second-order valence-corrected chi connectivity index (χ2v) is 3.31. The molecular formula is C7H11Al. The second kappa shape index (κ2) is 2.35. The van der Waals surface area contributed by atoms with E-state index < -0.39 is 0 Å². The van der Waals surface area contributed by atoms with Gasteiger partial charge in [0.05, 0.1) is 0 Å². The Bertz CT molecular complexity index is 148. The maximum Gasteiger partial charge on any atom is 0.258 e. The SMILES string of the molecule is Cc1cc[c]([AlH2])cc1.[HH]. The molecule has 0 atom stereocenters. The summed E-state index contributed by atoms with van der Waals surface area (Å²) in [6.07, 6.45) is 0. The minimum Gasteiger partial charge on any atom is -0.121 e. The van der Waals surface area contributed by atoms with Crippen molar-refractivity contribution in [3.8, 4) is 0 Å². The number of hydrogen-bond donors (Lipinski definition) is 0. The predicted molar refractivity (Wildman–Crippen MR) is 41.5 cm³/mol. The fraction of sp³-hybridized carbons (Fsp3) is 0.143. The Hall–Kier alpha value is -0.248. The van der Waals surface area contributed by atoms with E-state index >= 15 is 0 Å². The van der Waals surface area contributed by atoms with Crippen molar-refractivity contribution in [2.24, 2.45) is 0 Å². The monoisotopic (exact) mass is 122 g/mol. The lowest BCUT2D eigenvalue weighted by atomic mass is 10.2. The van der Waals surface area contributed by atoms with Crippen LogP contribution in [0.5, 0.6) is 0 Å². The molecule has 0 amide bonds. The van der Waals surface area contributed by atoms with Crippen molar-refractivity contribution in [2.75, 3.05) is 0 Å². The minimum absolute atomic E-state index is 0. The highest BCUT2D eigenvalue weighted by Gasteiger charge is 1.80. The number of benzene rings is 1. The molecule has 0 nitrogen and oxygen atoms in total. The van der Waals surface area contributed by atoms with Gasteiger partial charge in [-0.25, -0.2) is 0 Å². The zero-order valence-corrected chi connectivity index (χ0v) is 7.31. The predicted octanol–water partition coefficient (Wildman–Crippen LogP) is 0.499. The van der Waals surface area contributed by atoms with Crippen molar-refractivity contribution in [2.45, 2.75) is 6.92 Å². The number of aryl methyl sites for hydroxylation is 1. The standard InChI is InChI=1S/C7H7.Al.H2.2H/c1-7-5-3-2-4-6-7;;;;/h3-6H,1H3;;1H;;. The zero-order valence-electron chi connectivity index (χ0n) is 5.31. The summed E-state index contributed by atoms with van der Waals surface area (Å²) in [7, 11) is 0. The molecule has 1 aromatic carbocycles. The van der Waals surface area contributed by atoms with E-state index in [1.54, 1.807) is 0 Å². The Balaban J connectivity index is 0.000000640. The van der Waals surface area contributed by atoms with Crippen LogP contribution in [0.2, 0.25) is 0 Å². The molecule has 1 rings (SSSR count). The van der Waals surface area contributed by atoms with Crippen molar-refractivity contribution in [1.82, 2.24) is 0 Å². The summed E-state index contributed by atoms with van der Waals surface area (Å²) in [5, 5.41) is 0. The molecule has 0 aliphatic rings. The lowest BCUT2D eigenvalue weighted by Gasteiger charge is -1.90. The first kappa shape index (κ1) is 5.88. The average molecular weight is 122 g/mol. The van der Waals surface area contributed by atoms with Crippen molar-refractivity contribution in [3.63, 3.8) is 0 Å². The van der Waals surface area contributed by atoms with E-state index in [0.29, 0.717) is 0 Å². The Morgan fingerprint density at radius 2 is 1.75 bits per heavy atom. The van der Waals surface area contributed by atoms with E-state index in [4.69, 9.17) is 0 Å². The van der Waals surface area contributed by atoms with E-state index in [1.165, 1.54) is 26.3 Å². The van der Waals surface area contributed by atoms with Crippen molar-refractivity contribution in [3.05, 3.63) is 29.8 Å². The van der Waals surface area contributed by atoms with Crippen LogP contribution in [0, 0.1) is 6.92 Å². The average Bonchev–Trinajstić information content (AvgIpc) is 1.77. The molecule has 0 aliphatic heterocycles. The van der Waals surface area contributed by atoms with Crippen LogP contribution in [-0.4, -0.2) is 16.3 Å². The summed E-state index contributed by atoms with van der Waals surface area (Å²) >= 11 is 1.17. The fourth-order valence-electron chi connectivity index (χ4n) is 0.637. The smallest absolute Gasteiger partial charge is 0.121 e. The van der Waals surface area contributed by atoms with Gasteiger partial charge in [-0.3, -0.25) is 0 Å². The normalized spacial score (nSPS) is 9.12. The molecule has 0 unspecified atom stereocenters. The molecule has 0 aliphatic carbocycles. The van der Waals surface area contributed by atoms with Gasteiger partial charge in [-0.2, -0.15) is 0 Å². The Morgan fingerprint density at radius 1 is 1.25 bits per heavy atom. The number of rotatable bonds is 0. The molecule has 0 aromatic heterocycles. The molecule has 0 saturated carbocycles. The van der Waals surface area contributed by atoms with Crippen LogP contribution in [0.25, 0.3) is 0 Å². The van der Waals surface area contributed by atoms with Crippen molar-refractivity contribution in [1.29, 1.82) is 0 Å². The number of hydrogen-bond acceptors (Lipinski definition) is 0. The van der Waals surface area contributed by atoms with Gasteiger partial charge in [-0.1, -0.05) is 29.8 Å². The maximum atomic E-state index is 2.18. The molecule has 42 valence electrons. The summed E-state index contributed by atoms with van der Waals surface area (Å²) in [6.45, 7) is 2.11. The van der Waals surface area contributed by atoms with Crippen LogP contribution in [0.15, 0.2) is 24.3 Å². The van der Waals surface area contributed by atoms with Crippen molar-refractivity contribution < 1.29 is 1.43 Å². The van der Waals surface area contributed by atoms with E-state index in [9.17, 15) is 0 Å². The highest BCUT2D eigenvalue weighted by molar-refractivity contribution is 6.32. The van der Waals surface area contributed by atoms with Gasteiger partial charge in [0.25, 0.3) is 16.3 Å². The highest BCUT2D eigenvalue weighted by atomic mass is 27.0. The molecule has 0 N–H and O–H groups in total. The molecular weight excluding hydrogens is 111 g/mol. The van der Waals surface area contributed by atoms with Crippen LogP contribution >= 0.6 is 0 Å². The first-order valence-corrected chi connectivity index (χ1v) is 3.82. The molecule has 0 bridgehead atoms. The topological polar surface area (TPSA) is 0 Å².